The normalized spacial score (nSPS) is 20.6. The van der Waals surface area contributed by atoms with Crippen molar-refractivity contribution in [2.45, 2.75) is 19.4 Å². The minimum absolute atomic E-state index is 0.0253. The van der Waals surface area contributed by atoms with E-state index in [4.69, 9.17) is 9.84 Å². The van der Waals surface area contributed by atoms with E-state index in [1.165, 1.54) is 12.1 Å². The van der Waals surface area contributed by atoms with Crippen molar-refractivity contribution in [3.05, 3.63) is 29.8 Å². The summed E-state index contributed by atoms with van der Waals surface area (Å²) in [5.41, 5.74) is 0.166. The summed E-state index contributed by atoms with van der Waals surface area (Å²) in [5, 5.41) is 8.93. The van der Waals surface area contributed by atoms with Crippen LogP contribution in [0.1, 0.15) is 23.7 Å². The second-order valence-corrected chi connectivity index (χ2v) is 7.30. The first-order valence-electron chi connectivity index (χ1n) is 6.82. The molecule has 116 valence electrons. The van der Waals surface area contributed by atoms with Crippen LogP contribution in [-0.4, -0.2) is 55.2 Å². The molecule has 7 heteroatoms. The highest BCUT2D eigenvalue weighted by atomic mass is 32.2. The smallest absolute Gasteiger partial charge is 0.335 e. The van der Waals surface area contributed by atoms with Crippen molar-refractivity contribution in [2.75, 3.05) is 24.8 Å². The van der Waals surface area contributed by atoms with Crippen LogP contribution in [0, 0.1) is 0 Å². The van der Waals surface area contributed by atoms with Crippen molar-refractivity contribution >= 4 is 15.8 Å². The van der Waals surface area contributed by atoms with Gasteiger partial charge in [0.15, 0.2) is 9.84 Å². The predicted molar refractivity (Wildman–Crippen MR) is 78.3 cm³/mol. The van der Waals surface area contributed by atoms with E-state index in [9.17, 15) is 13.2 Å². The molecule has 1 aromatic rings. The summed E-state index contributed by atoms with van der Waals surface area (Å²) < 4.78 is 28.6. The maximum atomic E-state index is 11.5. The molecule has 1 saturated heterocycles. The Bertz CT molecular complexity index is 614. The van der Waals surface area contributed by atoms with Crippen molar-refractivity contribution in [1.29, 1.82) is 0 Å². The molecular weight excluding hydrogens is 294 g/mol. The van der Waals surface area contributed by atoms with Gasteiger partial charge in [0.05, 0.1) is 17.1 Å². The fourth-order valence-corrected chi connectivity index (χ4v) is 4.16. The molecule has 21 heavy (non-hydrogen) atoms. The molecule has 1 fully saturated rings. The SMILES string of the molecule is CCN(COc1cccc(C(=O)O)c1)C1CCS(=O)(=O)C1. The number of hydrogen-bond acceptors (Lipinski definition) is 5. The lowest BCUT2D eigenvalue weighted by Crippen LogP contribution is -2.38. The number of aromatic carboxylic acids is 1. The highest BCUT2D eigenvalue weighted by Crippen LogP contribution is 2.19. The third kappa shape index (κ3) is 4.18. The summed E-state index contributed by atoms with van der Waals surface area (Å²) in [4.78, 5) is 12.9. The fourth-order valence-electron chi connectivity index (χ4n) is 2.39. The summed E-state index contributed by atoms with van der Waals surface area (Å²) in [5.74, 6) is -0.147. The van der Waals surface area contributed by atoms with Crippen LogP contribution < -0.4 is 4.74 Å². The molecule has 0 spiro atoms. The summed E-state index contributed by atoms with van der Waals surface area (Å²) in [6, 6.07) is 6.24. The average molecular weight is 313 g/mol. The molecule has 0 aliphatic carbocycles. The van der Waals surface area contributed by atoms with Gasteiger partial charge in [-0.3, -0.25) is 4.90 Å². The van der Waals surface area contributed by atoms with Crippen LogP contribution in [0.25, 0.3) is 0 Å². The number of nitrogens with zero attached hydrogens (tertiary/aromatic N) is 1. The van der Waals surface area contributed by atoms with Crippen LogP contribution in [0.4, 0.5) is 0 Å². The van der Waals surface area contributed by atoms with Crippen molar-refractivity contribution in [2.24, 2.45) is 0 Å². The van der Waals surface area contributed by atoms with Crippen molar-refractivity contribution in [3.63, 3.8) is 0 Å². The van der Waals surface area contributed by atoms with Gasteiger partial charge in [-0.1, -0.05) is 13.0 Å². The van der Waals surface area contributed by atoms with Crippen LogP contribution in [-0.2, 0) is 9.84 Å². The van der Waals surface area contributed by atoms with Crippen molar-refractivity contribution < 1.29 is 23.1 Å². The zero-order chi connectivity index (χ0) is 15.5. The number of rotatable bonds is 6. The molecule has 6 nitrogen and oxygen atoms in total. The third-order valence-corrected chi connectivity index (χ3v) is 5.36. The Morgan fingerprint density at radius 3 is 2.81 bits per heavy atom. The standard InChI is InChI=1S/C14H19NO5S/c1-2-15(12-6-7-21(18,19)9-12)10-20-13-5-3-4-11(8-13)14(16)17/h3-5,8,12H,2,6-7,9-10H2,1H3,(H,16,17). The van der Waals surface area contributed by atoms with Gasteiger partial charge in [0, 0.05) is 6.04 Å². The lowest BCUT2D eigenvalue weighted by atomic mass is 10.2. The van der Waals surface area contributed by atoms with E-state index in [2.05, 4.69) is 0 Å². The lowest BCUT2D eigenvalue weighted by Gasteiger charge is -2.26. The van der Waals surface area contributed by atoms with E-state index in [1.807, 2.05) is 11.8 Å². The first-order valence-corrected chi connectivity index (χ1v) is 8.64. The van der Waals surface area contributed by atoms with Crippen LogP contribution >= 0.6 is 0 Å². The van der Waals surface area contributed by atoms with Crippen LogP contribution in [0.3, 0.4) is 0 Å². The fraction of sp³-hybridized carbons (Fsp3) is 0.500. The summed E-state index contributed by atoms with van der Waals surface area (Å²) in [6.45, 7) is 2.88. The van der Waals surface area contributed by atoms with E-state index in [1.54, 1.807) is 12.1 Å². The van der Waals surface area contributed by atoms with Gasteiger partial charge in [-0.25, -0.2) is 13.2 Å². The highest BCUT2D eigenvalue weighted by Gasteiger charge is 2.31. The van der Waals surface area contributed by atoms with E-state index in [0.29, 0.717) is 18.7 Å². The van der Waals surface area contributed by atoms with Gasteiger partial charge < -0.3 is 9.84 Å². The molecule has 1 N–H and O–H groups in total. The molecule has 0 aromatic heterocycles. The first-order chi connectivity index (χ1) is 9.91. The average Bonchev–Trinajstić information content (AvgIpc) is 2.80. The zero-order valence-corrected chi connectivity index (χ0v) is 12.7. The zero-order valence-electron chi connectivity index (χ0n) is 11.9. The molecule has 2 rings (SSSR count). The Balaban J connectivity index is 1.97. The van der Waals surface area contributed by atoms with E-state index < -0.39 is 15.8 Å². The van der Waals surface area contributed by atoms with Crippen LogP contribution in [0.5, 0.6) is 5.75 Å². The van der Waals surface area contributed by atoms with Gasteiger partial charge in [0.2, 0.25) is 0 Å². The second-order valence-electron chi connectivity index (χ2n) is 5.07. The van der Waals surface area contributed by atoms with Gasteiger partial charge in [-0.2, -0.15) is 0 Å². The van der Waals surface area contributed by atoms with Gasteiger partial charge in [-0.15, -0.1) is 0 Å². The van der Waals surface area contributed by atoms with Crippen molar-refractivity contribution in [1.82, 2.24) is 4.90 Å². The number of benzene rings is 1. The minimum atomic E-state index is -2.93. The van der Waals surface area contributed by atoms with E-state index in [0.717, 1.165) is 0 Å². The molecule has 0 saturated carbocycles. The Kier molecular flexibility index (Phi) is 4.84. The lowest BCUT2D eigenvalue weighted by molar-refractivity contribution is 0.0694. The van der Waals surface area contributed by atoms with Gasteiger partial charge in [-0.05, 0) is 31.2 Å². The Morgan fingerprint density at radius 1 is 1.48 bits per heavy atom. The molecule has 1 aliphatic heterocycles. The molecule has 1 heterocycles. The molecule has 0 amide bonds. The summed E-state index contributed by atoms with van der Waals surface area (Å²) >= 11 is 0. The van der Waals surface area contributed by atoms with Crippen LogP contribution in [0.2, 0.25) is 0 Å². The van der Waals surface area contributed by atoms with Gasteiger partial charge >= 0.3 is 5.97 Å². The predicted octanol–water partition coefficient (Wildman–Crippen LogP) is 1.23. The molecule has 1 atom stereocenters. The quantitative estimate of drug-likeness (QED) is 0.795. The number of hydrogen-bond donors (Lipinski definition) is 1. The van der Waals surface area contributed by atoms with Crippen LogP contribution in [0.15, 0.2) is 24.3 Å². The molecule has 0 radical (unpaired) electrons. The van der Waals surface area contributed by atoms with E-state index in [-0.39, 0.29) is 29.8 Å². The minimum Gasteiger partial charge on any atom is -0.478 e. The molecular formula is C14H19NO5S. The van der Waals surface area contributed by atoms with E-state index >= 15 is 0 Å². The third-order valence-electron chi connectivity index (χ3n) is 3.61. The largest absolute Gasteiger partial charge is 0.478 e. The molecule has 1 aromatic carbocycles. The maximum absolute atomic E-state index is 11.5. The Morgan fingerprint density at radius 2 is 2.24 bits per heavy atom. The summed E-state index contributed by atoms with van der Waals surface area (Å²) in [7, 11) is -2.93. The highest BCUT2D eigenvalue weighted by molar-refractivity contribution is 7.91. The van der Waals surface area contributed by atoms with Gasteiger partial charge in [0.1, 0.15) is 12.5 Å². The first kappa shape index (κ1) is 15.8. The second kappa shape index (κ2) is 6.44. The monoisotopic (exact) mass is 313 g/mol. The van der Waals surface area contributed by atoms with Crippen molar-refractivity contribution in [3.8, 4) is 5.75 Å². The molecule has 1 unspecified atom stereocenters. The number of sulfone groups is 1. The number of ether oxygens (including phenoxy) is 1. The maximum Gasteiger partial charge on any atom is 0.335 e. The Labute approximate surface area is 124 Å². The van der Waals surface area contributed by atoms with Gasteiger partial charge in [0.25, 0.3) is 0 Å². The topological polar surface area (TPSA) is 83.9 Å². The Hall–Kier alpha value is -1.60. The molecule has 1 aliphatic rings. The summed E-state index contributed by atoms with van der Waals surface area (Å²) in [6.07, 6.45) is 0.620. The number of carboxylic acids is 1. The number of carboxylic acid groups (broad SMARTS) is 1. The molecule has 0 bridgehead atoms. The number of carbonyl (C=O) groups is 1.